The second-order valence-electron chi connectivity index (χ2n) is 9.24. The van der Waals surface area contributed by atoms with Crippen LogP contribution in [-0.4, -0.2) is 12.6 Å². The molecule has 0 amide bonds. The molecule has 0 saturated heterocycles. The van der Waals surface area contributed by atoms with Crippen LogP contribution in [0.15, 0.2) is 40.0 Å². The number of nitrogens with one attached hydrogen (secondary N) is 2. The minimum atomic E-state index is -0.289. The standard InChI is InChI=1S/C24H25BrN2O3/c1-12-5-16-17(6-13(12)2)27-23(14-7-20-21(8-15(14)25)30-11-29-20)22-18(26-16)9-24(3,4)10-19(22)28/h5-8,23,26-27H,9-11H2,1-4H3/t23-/m0/s1. The zero-order valence-corrected chi connectivity index (χ0v) is 19.2. The molecule has 5 rings (SSSR count). The quantitative estimate of drug-likeness (QED) is 0.535. The van der Waals surface area contributed by atoms with Gasteiger partial charge in [0.15, 0.2) is 17.3 Å². The van der Waals surface area contributed by atoms with Gasteiger partial charge in [-0.2, -0.15) is 0 Å². The first-order valence-corrected chi connectivity index (χ1v) is 11.0. The average Bonchev–Trinajstić information content (AvgIpc) is 3.03. The monoisotopic (exact) mass is 468 g/mol. The summed E-state index contributed by atoms with van der Waals surface area (Å²) in [6.07, 6.45) is 1.35. The van der Waals surface area contributed by atoms with Gasteiger partial charge in [-0.15, -0.1) is 0 Å². The van der Waals surface area contributed by atoms with Crippen molar-refractivity contribution in [2.75, 3.05) is 17.4 Å². The maximum Gasteiger partial charge on any atom is 0.231 e. The maximum atomic E-state index is 13.4. The number of carbonyl (C=O) groups excluding carboxylic acids is 1. The van der Waals surface area contributed by atoms with E-state index >= 15 is 0 Å². The van der Waals surface area contributed by atoms with Crippen molar-refractivity contribution >= 4 is 33.1 Å². The van der Waals surface area contributed by atoms with Crippen LogP contribution in [0, 0.1) is 19.3 Å². The highest BCUT2D eigenvalue weighted by molar-refractivity contribution is 9.10. The van der Waals surface area contributed by atoms with Crippen molar-refractivity contribution in [1.82, 2.24) is 0 Å². The zero-order valence-electron chi connectivity index (χ0n) is 17.6. The molecular weight excluding hydrogens is 444 g/mol. The summed E-state index contributed by atoms with van der Waals surface area (Å²) in [4.78, 5) is 13.4. The highest BCUT2D eigenvalue weighted by atomic mass is 79.9. The summed E-state index contributed by atoms with van der Waals surface area (Å²) in [5.41, 5.74) is 7.12. The smallest absolute Gasteiger partial charge is 0.231 e. The summed E-state index contributed by atoms with van der Waals surface area (Å²) in [6, 6.07) is 7.93. The first-order valence-electron chi connectivity index (χ1n) is 10.2. The van der Waals surface area contributed by atoms with Crippen LogP contribution in [0.2, 0.25) is 0 Å². The number of ether oxygens (including phenoxy) is 2. The van der Waals surface area contributed by atoms with Crippen LogP contribution in [-0.2, 0) is 4.79 Å². The number of halogens is 1. The van der Waals surface area contributed by atoms with E-state index in [-0.39, 0.29) is 24.0 Å². The molecular formula is C24H25BrN2O3. The number of anilines is 2. The number of aryl methyl sites for hydroxylation is 2. The Morgan fingerprint density at radius 1 is 1.00 bits per heavy atom. The van der Waals surface area contributed by atoms with Crippen molar-refractivity contribution in [3.63, 3.8) is 0 Å². The van der Waals surface area contributed by atoms with Crippen LogP contribution < -0.4 is 20.1 Å². The number of allylic oxidation sites excluding steroid dienone is 1. The molecule has 6 heteroatoms. The molecule has 0 saturated carbocycles. The van der Waals surface area contributed by atoms with Gasteiger partial charge in [-0.25, -0.2) is 0 Å². The van der Waals surface area contributed by atoms with E-state index < -0.39 is 0 Å². The Labute approximate surface area is 185 Å². The van der Waals surface area contributed by atoms with Crippen LogP contribution in [0.25, 0.3) is 0 Å². The van der Waals surface area contributed by atoms with E-state index in [0.717, 1.165) is 44.9 Å². The summed E-state index contributed by atoms with van der Waals surface area (Å²) in [6.45, 7) is 8.74. The minimum Gasteiger partial charge on any atom is -0.454 e. The van der Waals surface area contributed by atoms with E-state index in [1.807, 2.05) is 12.1 Å². The van der Waals surface area contributed by atoms with E-state index in [9.17, 15) is 4.79 Å². The zero-order chi connectivity index (χ0) is 21.2. The van der Waals surface area contributed by atoms with E-state index in [1.54, 1.807) is 0 Å². The Morgan fingerprint density at radius 3 is 2.40 bits per heavy atom. The van der Waals surface area contributed by atoms with Crippen molar-refractivity contribution in [2.24, 2.45) is 5.41 Å². The van der Waals surface area contributed by atoms with Crippen molar-refractivity contribution in [3.8, 4) is 11.5 Å². The van der Waals surface area contributed by atoms with E-state index in [0.29, 0.717) is 12.2 Å². The van der Waals surface area contributed by atoms with Gasteiger partial charge < -0.3 is 20.1 Å². The predicted octanol–water partition coefficient (Wildman–Crippen LogP) is 6.02. The lowest BCUT2D eigenvalue weighted by Crippen LogP contribution is -2.31. The molecule has 0 fully saturated rings. The van der Waals surface area contributed by atoms with Crippen LogP contribution in [0.5, 0.6) is 11.5 Å². The summed E-state index contributed by atoms with van der Waals surface area (Å²) < 4.78 is 12.0. The van der Waals surface area contributed by atoms with Gasteiger partial charge in [-0.1, -0.05) is 29.8 Å². The molecule has 30 heavy (non-hydrogen) atoms. The van der Waals surface area contributed by atoms with Crippen LogP contribution in [0.1, 0.15) is 49.4 Å². The van der Waals surface area contributed by atoms with E-state index in [1.165, 1.54) is 11.1 Å². The van der Waals surface area contributed by atoms with Gasteiger partial charge in [-0.3, -0.25) is 4.79 Å². The highest BCUT2D eigenvalue weighted by Crippen LogP contribution is 2.48. The number of hydrogen-bond acceptors (Lipinski definition) is 5. The summed E-state index contributed by atoms with van der Waals surface area (Å²) >= 11 is 3.71. The molecule has 0 radical (unpaired) electrons. The largest absolute Gasteiger partial charge is 0.454 e. The minimum absolute atomic E-state index is 0.0795. The molecule has 1 atom stereocenters. The van der Waals surface area contributed by atoms with Crippen molar-refractivity contribution in [2.45, 2.75) is 46.6 Å². The number of rotatable bonds is 1. The van der Waals surface area contributed by atoms with Gasteiger partial charge in [0, 0.05) is 22.2 Å². The second kappa shape index (κ2) is 6.77. The molecule has 2 heterocycles. The number of carbonyl (C=O) groups is 1. The number of fused-ring (bicyclic) bond motifs is 2. The topological polar surface area (TPSA) is 59.6 Å². The first kappa shape index (κ1) is 19.5. The number of hydrogen-bond donors (Lipinski definition) is 2. The first-order chi connectivity index (χ1) is 14.2. The lowest BCUT2D eigenvalue weighted by Gasteiger charge is -2.34. The molecule has 156 valence electrons. The molecule has 2 aromatic carbocycles. The Morgan fingerprint density at radius 2 is 1.67 bits per heavy atom. The Kier molecular flexibility index (Phi) is 4.40. The molecule has 3 aliphatic rings. The summed E-state index contributed by atoms with van der Waals surface area (Å²) in [7, 11) is 0. The van der Waals surface area contributed by atoms with Gasteiger partial charge in [0.1, 0.15) is 0 Å². The Hall–Kier alpha value is -2.47. The van der Waals surface area contributed by atoms with E-state index in [2.05, 4.69) is 66.4 Å². The lowest BCUT2D eigenvalue weighted by atomic mass is 9.73. The van der Waals surface area contributed by atoms with Gasteiger partial charge in [0.05, 0.1) is 17.4 Å². The molecule has 0 aromatic heterocycles. The Balaban J connectivity index is 1.71. The van der Waals surface area contributed by atoms with Gasteiger partial charge >= 0.3 is 0 Å². The molecule has 0 bridgehead atoms. The molecule has 5 nitrogen and oxygen atoms in total. The normalized spacial score (nSPS) is 21.4. The number of benzene rings is 2. The maximum absolute atomic E-state index is 13.4. The predicted molar refractivity (Wildman–Crippen MR) is 121 cm³/mol. The van der Waals surface area contributed by atoms with Crippen molar-refractivity contribution in [3.05, 3.63) is 56.7 Å². The average molecular weight is 469 g/mol. The molecule has 2 N–H and O–H groups in total. The lowest BCUT2D eigenvalue weighted by molar-refractivity contribution is -0.118. The third kappa shape index (κ3) is 3.18. The van der Waals surface area contributed by atoms with Gasteiger partial charge in [0.25, 0.3) is 0 Å². The highest BCUT2D eigenvalue weighted by Gasteiger charge is 2.39. The fourth-order valence-corrected chi connectivity index (χ4v) is 5.15. The van der Waals surface area contributed by atoms with Gasteiger partial charge in [-0.05, 0) is 66.6 Å². The van der Waals surface area contributed by atoms with Crippen LogP contribution >= 0.6 is 15.9 Å². The molecule has 0 unspecified atom stereocenters. The van der Waals surface area contributed by atoms with Crippen LogP contribution in [0.4, 0.5) is 11.4 Å². The third-order valence-corrected chi connectivity index (χ3v) is 6.92. The molecule has 0 spiro atoms. The fraction of sp³-hybridized carbons (Fsp3) is 0.375. The Bertz CT molecular complexity index is 1120. The molecule has 2 aromatic rings. The number of ketones is 1. The van der Waals surface area contributed by atoms with Crippen LogP contribution in [0.3, 0.4) is 0 Å². The molecule has 1 aliphatic carbocycles. The molecule has 2 aliphatic heterocycles. The van der Waals surface area contributed by atoms with Crippen molar-refractivity contribution < 1.29 is 14.3 Å². The van der Waals surface area contributed by atoms with Crippen molar-refractivity contribution in [1.29, 1.82) is 0 Å². The SMILES string of the molecule is Cc1cc2c(cc1C)N[C@@H](c1cc3c(cc1Br)OCO3)C1=C(CC(C)(C)CC1=O)N2. The summed E-state index contributed by atoms with van der Waals surface area (Å²) in [5, 5.41) is 7.28. The fourth-order valence-electron chi connectivity index (χ4n) is 4.60. The third-order valence-electron chi connectivity index (χ3n) is 6.23. The van der Waals surface area contributed by atoms with Gasteiger partial charge in [0.2, 0.25) is 6.79 Å². The second-order valence-corrected chi connectivity index (χ2v) is 10.1. The number of Topliss-reactive ketones (excluding diaryl/α,β-unsaturated/α-hetero) is 1. The summed E-state index contributed by atoms with van der Waals surface area (Å²) in [5.74, 6) is 1.60. The van der Waals surface area contributed by atoms with E-state index in [4.69, 9.17) is 9.47 Å².